The SMILES string of the molecule is Nc1ccc(Nc2ccc3ncccc3c2)c(F)c1. The monoisotopic (exact) mass is 253 g/mol. The third kappa shape index (κ3) is 2.33. The Hall–Kier alpha value is -2.62. The van der Waals surface area contributed by atoms with Gasteiger partial charge in [0.15, 0.2) is 0 Å². The number of pyridine rings is 1. The molecule has 4 heteroatoms. The topological polar surface area (TPSA) is 50.9 Å². The van der Waals surface area contributed by atoms with E-state index < -0.39 is 0 Å². The summed E-state index contributed by atoms with van der Waals surface area (Å²) in [5, 5.41) is 4.04. The first-order valence-corrected chi connectivity index (χ1v) is 5.89. The van der Waals surface area contributed by atoms with Gasteiger partial charge in [-0.3, -0.25) is 4.98 Å². The second-order valence-corrected chi connectivity index (χ2v) is 4.28. The third-order valence-corrected chi connectivity index (χ3v) is 2.88. The number of nitrogen functional groups attached to an aromatic ring is 1. The van der Waals surface area contributed by atoms with Crippen molar-refractivity contribution in [2.75, 3.05) is 11.1 Å². The molecule has 3 N–H and O–H groups in total. The van der Waals surface area contributed by atoms with Gasteiger partial charge in [-0.1, -0.05) is 6.07 Å². The first-order chi connectivity index (χ1) is 9.22. The smallest absolute Gasteiger partial charge is 0.148 e. The largest absolute Gasteiger partial charge is 0.399 e. The van der Waals surface area contributed by atoms with Crippen molar-refractivity contribution in [3.8, 4) is 0 Å². The summed E-state index contributed by atoms with van der Waals surface area (Å²) in [6.07, 6.45) is 1.75. The molecule has 0 saturated heterocycles. The number of halogens is 1. The highest BCUT2D eigenvalue weighted by molar-refractivity contribution is 5.83. The quantitative estimate of drug-likeness (QED) is 0.685. The third-order valence-electron chi connectivity index (χ3n) is 2.88. The Kier molecular flexibility index (Phi) is 2.76. The molecule has 0 fully saturated rings. The van der Waals surface area contributed by atoms with Crippen LogP contribution >= 0.6 is 0 Å². The van der Waals surface area contributed by atoms with Gasteiger partial charge in [-0.05, 0) is 42.5 Å². The van der Waals surface area contributed by atoms with E-state index in [4.69, 9.17) is 5.73 Å². The van der Waals surface area contributed by atoms with E-state index in [9.17, 15) is 4.39 Å². The molecule has 19 heavy (non-hydrogen) atoms. The fraction of sp³-hybridized carbons (Fsp3) is 0. The van der Waals surface area contributed by atoms with Crippen LogP contribution in [0, 0.1) is 5.82 Å². The fourth-order valence-corrected chi connectivity index (χ4v) is 1.94. The first kappa shape index (κ1) is 11.5. The zero-order valence-electron chi connectivity index (χ0n) is 10.1. The van der Waals surface area contributed by atoms with Gasteiger partial charge < -0.3 is 11.1 Å². The van der Waals surface area contributed by atoms with Crippen LogP contribution in [0.5, 0.6) is 0 Å². The van der Waals surface area contributed by atoms with Crippen molar-refractivity contribution >= 4 is 28.0 Å². The molecule has 3 rings (SSSR count). The number of hydrogen-bond donors (Lipinski definition) is 2. The molecule has 0 aliphatic heterocycles. The van der Waals surface area contributed by atoms with Crippen molar-refractivity contribution in [3.05, 3.63) is 60.5 Å². The summed E-state index contributed by atoms with van der Waals surface area (Å²) in [5.74, 6) is -0.369. The minimum Gasteiger partial charge on any atom is -0.399 e. The van der Waals surface area contributed by atoms with Crippen LogP contribution in [0.25, 0.3) is 10.9 Å². The maximum atomic E-state index is 13.7. The van der Waals surface area contributed by atoms with Gasteiger partial charge in [0.1, 0.15) is 5.82 Å². The summed E-state index contributed by atoms with van der Waals surface area (Å²) >= 11 is 0. The van der Waals surface area contributed by atoms with Gasteiger partial charge >= 0.3 is 0 Å². The Morgan fingerprint density at radius 2 is 1.95 bits per heavy atom. The Bertz CT molecular complexity index is 740. The maximum Gasteiger partial charge on any atom is 0.148 e. The summed E-state index contributed by atoms with van der Waals surface area (Å²) < 4.78 is 13.7. The lowest BCUT2D eigenvalue weighted by atomic mass is 10.2. The molecule has 0 aliphatic carbocycles. The summed E-state index contributed by atoms with van der Waals surface area (Å²) in [7, 11) is 0. The van der Waals surface area contributed by atoms with Crippen molar-refractivity contribution in [2.24, 2.45) is 0 Å². The van der Waals surface area contributed by atoms with Crippen LogP contribution in [0.3, 0.4) is 0 Å². The average Bonchev–Trinajstić information content (AvgIpc) is 2.42. The van der Waals surface area contributed by atoms with Crippen molar-refractivity contribution in [2.45, 2.75) is 0 Å². The number of fused-ring (bicyclic) bond motifs is 1. The molecule has 1 heterocycles. The molecule has 0 radical (unpaired) electrons. The van der Waals surface area contributed by atoms with Crippen LogP contribution in [0.15, 0.2) is 54.7 Å². The van der Waals surface area contributed by atoms with E-state index in [0.29, 0.717) is 11.4 Å². The number of anilines is 3. The Morgan fingerprint density at radius 3 is 2.79 bits per heavy atom. The molecule has 3 aromatic rings. The summed E-state index contributed by atoms with van der Waals surface area (Å²) in [6.45, 7) is 0. The minimum absolute atomic E-state index is 0.369. The standard InChI is InChI=1S/C15H12FN3/c16-13-9-11(17)3-5-15(13)19-12-4-6-14-10(8-12)2-1-7-18-14/h1-9,19H,17H2. The molecule has 0 unspecified atom stereocenters. The van der Waals surface area contributed by atoms with E-state index in [-0.39, 0.29) is 5.82 Å². The Balaban J connectivity index is 1.96. The molecule has 0 spiro atoms. The molecular formula is C15H12FN3. The molecule has 3 nitrogen and oxygen atoms in total. The number of aromatic nitrogens is 1. The van der Waals surface area contributed by atoms with Crippen LogP contribution in [0.4, 0.5) is 21.5 Å². The van der Waals surface area contributed by atoms with Gasteiger partial charge in [0.05, 0.1) is 11.2 Å². The minimum atomic E-state index is -0.369. The first-order valence-electron chi connectivity index (χ1n) is 5.89. The number of rotatable bonds is 2. The second-order valence-electron chi connectivity index (χ2n) is 4.28. The van der Waals surface area contributed by atoms with Gasteiger partial charge in [0.25, 0.3) is 0 Å². The van der Waals surface area contributed by atoms with E-state index in [0.717, 1.165) is 16.6 Å². The molecule has 0 saturated carbocycles. The highest BCUT2D eigenvalue weighted by Gasteiger charge is 2.03. The van der Waals surface area contributed by atoms with Gasteiger partial charge in [0.2, 0.25) is 0 Å². The van der Waals surface area contributed by atoms with Crippen molar-refractivity contribution in [3.63, 3.8) is 0 Å². The lowest BCUT2D eigenvalue weighted by Gasteiger charge is -2.09. The summed E-state index contributed by atoms with van der Waals surface area (Å²) in [5.41, 5.74) is 8.05. The maximum absolute atomic E-state index is 13.7. The predicted molar refractivity (Wildman–Crippen MR) is 75.8 cm³/mol. The normalized spacial score (nSPS) is 10.6. The lowest BCUT2D eigenvalue weighted by molar-refractivity contribution is 0.632. The Labute approximate surface area is 109 Å². The highest BCUT2D eigenvalue weighted by atomic mass is 19.1. The molecule has 1 aromatic heterocycles. The lowest BCUT2D eigenvalue weighted by Crippen LogP contribution is -1.95. The number of nitrogens with one attached hydrogen (secondary N) is 1. The second kappa shape index (κ2) is 4.57. The number of nitrogens with zero attached hydrogens (tertiary/aromatic N) is 1. The molecule has 0 amide bonds. The fourth-order valence-electron chi connectivity index (χ4n) is 1.94. The molecule has 0 atom stereocenters. The van der Waals surface area contributed by atoms with E-state index >= 15 is 0 Å². The van der Waals surface area contributed by atoms with Crippen LogP contribution in [-0.2, 0) is 0 Å². The summed E-state index contributed by atoms with van der Waals surface area (Å²) in [4.78, 5) is 4.24. The molecule has 0 bridgehead atoms. The molecule has 0 aliphatic rings. The zero-order valence-corrected chi connectivity index (χ0v) is 10.1. The number of nitrogens with two attached hydrogens (primary N) is 1. The van der Waals surface area contributed by atoms with E-state index in [1.165, 1.54) is 6.07 Å². The average molecular weight is 253 g/mol. The zero-order chi connectivity index (χ0) is 13.2. The van der Waals surface area contributed by atoms with Gasteiger partial charge in [-0.15, -0.1) is 0 Å². The van der Waals surface area contributed by atoms with E-state index in [1.54, 1.807) is 18.3 Å². The van der Waals surface area contributed by atoms with Gasteiger partial charge in [-0.2, -0.15) is 0 Å². The van der Waals surface area contributed by atoms with Gasteiger partial charge in [-0.25, -0.2) is 4.39 Å². The summed E-state index contributed by atoms with van der Waals surface area (Å²) in [6, 6.07) is 14.1. The Morgan fingerprint density at radius 1 is 1.05 bits per heavy atom. The molecular weight excluding hydrogens is 241 g/mol. The predicted octanol–water partition coefficient (Wildman–Crippen LogP) is 3.70. The van der Waals surface area contributed by atoms with Crippen molar-refractivity contribution < 1.29 is 4.39 Å². The number of hydrogen-bond acceptors (Lipinski definition) is 3. The van der Waals surface area contributed by atoms with E-state index in [2.05, 4.69) is 10.3 Å². The molecule has 94 valence electrons. The van der Waals surface area contributed by atoms with Gasteiger partial charge in [0, 0.05) is 23.0 Å². The molecule has 2 aromatic carbocycles. The number of benzene rings is 2. The van der Waals surface area contributed by atoms with Crippen LogP contribution in [0.1, 0.15) is 0 Å². The van der Waals surface area contributed by atoms with Crippen LogP contribution in [0.2, 0.25) is 0 Å². The van der Waals surface area contributed by atoms with Crippen LogP contribution < -0.4 is 11.1 Å². The highest BCUT2D eigenvalue weighted by Crippen LogP contribution is 2.24. The van der Waals surface area contributed by atoms with Crippen molar-refractivity contribution in [1.82, 2.24) is 4.98 Å². The van der Waals surface area contributed by atoms with Crippen molar-refractivity contribution in [1.29, 1.82) is 0 Å². The van der Waals surface area contributed by atoms with E-state index in [1.807, 2.05) is 30.3 Å². The van der Waals surface area contributed by atoms with Crippen LogP contribution in [-0.4, -0.2) is 4.98 Å².